The number of aliphatic hydroxyl groups is 1. The molecule has 30 heavy (non-hydrogen) atoms. The van der Waals surface area contributed by atoms with Crippen molar-refractivity contribution < 1.29 is 9.84 Å². The van der Waals surface area contributed by atoms with Crippen molar-refractivity contribution in [1.82, 2.24) is 9.55 Å². The molecule has 1 N–H and O–H groups in total. The minimum Gasteiger partial charge on any atom is -0.491 e. The number of hydrogen-bond donors (Lipinski definition) is 1. The van der Waals surface area contributed by atoms with Crippen molar-refractivity contribution in [2.45, 2.75) is 24.7 Å². The lowest BCUT2D eigenvalue weighted by Gasteiger charge is -2.15. The van der Waals surface area contributed by atoms with Gasteiger partial charge in [0.2, 0.25) is 0 Å². The highest BCUT2D eigenvalue weighted by Gasteiger charge is 2.14. The van der Waals surface area contributed by atoms with Crippen LogP contribution in [0.5, 0.6) is 5.75 Å². The van der Waals surface area contributed by atoms with Gasteiger partial charge in [0.1, 0.15) is 12.4 Å². The van der Waals surface area contributed by atoms with Crippen molar-refractivity contribution >= 4 is 49.4 Å². The van der Waals surface area contributed by atoms with Gasteiger partial charge < -0.3 is 9.84 Å². The van der Waals surface area contributed by atoms with Crippen molar-refractivity contribution in [2.24, 2.45) is 0 Å². The lowest BCUT2D eigenvalue weighted by molar-refractivity contribution is 0.126. The van der Waals surface area contributed by atoms with Crippen molar-refractivity contribution in [3.05, 3.63) is 75.5 Å². The Hall–Kier alpha value is -2.35. The topological polar surface area (TPSA) is 64.3 Å². The molecule has 0 amide bonds. The van der Waals surface area contributed by atoms with E-state index in [4.69, 9.17) is 4.74 Å². The smallest absolute Gasteiger partial charge is 0.262 e. The molecule has 1 aromatic heterocycles. The SMILES string of the molecule is CCn1c(SCC(O)COc2ccc3ccccc3c2)nc2ccc(Br)cc2c1=O. The summed E-state index contributed by atoms with van der Waals surface area (Å²) >= 11 is 4.76. The average molecular weight is 485 g/mol. The second-order valence-electron chi connectivity index (χ2n) is 6.89. The van der Waals surface area contributed by atoms with Crippen LogP contribution in [0.25, 0.3) is 21.7 Å². The van der Waals surface area contributed by atoms with Crippen molar-refractivity contribution in [2.75, 3.05) is 12.4 Å². The second-order valence-corrected chi connectivity index (χ2v) is 8.79. The summed E-state index contributed by atoms with van der Waals surface area (Å²) in [7, 11) is 0. The van der Waals surface area contributed by atoms with Gasteiger partial charge in [-0.15, -0.1) is 0 Å². The van der Waals surface area contributed by atoms with Crippen LogP contribution in [0.2, 0.25) is 0 Å². The maximum absolute atomic E-state index is 12.8. The Kier molecular flexibility index (Phi) is 6.41. The first-order chi connectivity index (χ1) is 14.5. The summed E-state index contributed by atoms with van der Waals surface area (Å²) < 4.78 is 8.25. The fourth-order valence-electron chi connectivity index (χ4n) is 3.23. The van der Waals surface area contributed by atoms with Gasteiger partial charge in [-0.2, -0.15) is 0 Å². The lowest BCUT2D eigenvalue weighted by Crippen LogP contribution is -2.24. The van der Waals surface area contributed by atoms with E-state index in [1.807, 2.05) is 61.5 Å². The number of nitrogens with zero attached hydrogens (tertiary/aromatic N) is 2. The van der Waals surface area contributed by atoms with Gasteiger partial charge in [-0.05, 0) is 48.0 Å². The summed E-state index contributed by atoms with van der Waals surface area (Å²) in [6.07, 6.45) is -0.690. The Morgan fingerprint density at radius 2 is 1.93 bits per heavy atom. The maximum atomic E-state index is 12.8. The van der Waals surface area contributed by atoms with Crippen LogP contribution in [0.15, 0.2) is 75.1 Å². The molecule has 0 radical (unpaired) electrons. The van der Waals surface area contributed by atoms with Crippen LogP contribution < -0.4 is 10.3 Å². The zero-order valence-corrected chi connectivity index (χ0v) is 18.8. The van der Waals surface area contributed by atoms with Crippen LogP contribution in [-0.4, -0.2) is 33.1 Å². The maximum Gasteiger partial charge on any atom is 0.262 e. The van der Waals surface area contributed by atoms with Gasteiger partial charge in [0.05, 0.1) is 17.0 Å². The van der Waals surface area contributed by atoms with Gasteiger partial charge >= 0.3 is 0 Å². The zero-order valence-electron chi connectivity index (χ0n) is 16.4. The van der Waals surface area contributed by atoms with E-state index in [1.165, 1.54) is 11.8 Å². The molecule has 154 valence electrons. The number of ether oxygens (including phenoxy) is 1. The van der Waals surface area contributed by atoms with E-state index in [0.29, 0.717) is 28.4 Å². The molecule has 0 bridgehead atoms. The summed E-state index contributed by atoms with van der Waals surface area (Å²) in [5.74, 6) is 1.10. The second kappa shape index (κ2) is 9.20. The van der Waals surface area contributed by atoms with E-state index < -0.39 is 6.10 Å². The van der Waals surface area contributed by atoms with E-state index in [0.717, 1.165) is 21.0 Å². The predicted octanol–water partition coefficient (Wildman–Crippen LogP) is 4.86. The first-order valence-corrected chi connectivity index (χ1v) is 11.5. The van der Waals surface area contributed by atoms with Gasteiger partial charge in [0.15, 0.2) is 5.16 Å². The third-order valence-corrected chi connectivity index (χ3v) is 6.38. The molecule has 1 atom stereocenters. The fraction of sp³-hybridized carbons (Fsp3) is 0.217. The van der Waals surface area contributed by atoms with Gasteiger partial charge in [-0.25, -0.2) is 4.98 Å². The van der Waals surface area contributed by atoms with Crippen LogP contribution in [-0.2, 0) is 6.54 Å². The monoisotopic (exact) mass is 484 g/mol. The molecule has 0 aliphatic rings. The van der Waals surface area contributed by atoms with Crippen LogP contribution in [0, 0.1) is 0 Å². The molecule has 1 heterocycles. The van der Waals surface area contributed by atoms with Crippen LogP contribution in [0.1, 0.15) is 6.92 Å². The standard InChI is InChI=1S/C23H21BrN2O3S/c1-2-26-22(28)20-12-17(24)8-10-21(20)25-23(26)30-14-18(27)13-29-19-9-7-15-5-3-4-6-16(15)11-19/h3-12,18,27H,2,13-14H2,1H3. The van der Waals surface area contributed by atoms with E-state index in [1.54, 1.807) is 10.6 Å². The number of aromatic nitrogens is 2. The molecule has 0 aliphatic carbocycles. The third kappa shape index (κ3) is 4.53. The van der Waals surface area contributed by atoms with E-state index >= 15 is 0 Å². The van der Waals surface area contributed by atoms with Crippen molar-refractivity contribution in [3.63, 3.8) is 0 Å². The summed E-state index contributed by atoms with van der Waals surface area (Å²) in [4.78, 5) is 17.4. The molecule has 4 aromatic rings. The van der Waals surface area contributed by atoms with Crippen LogP contribution in [0.3, 0.4) is 0 Å². The van der Waals surface area contributed by atoms with Gasteiger partial charge in [-0.3, -0.25) is 9.36 Å². The van der Waals surface area contributed by atoms with E-state index in [-0.39, 0.29) is 12.2 Å². The largest absolute Gasteiger partial charge is 0.491 e. The summed E-state index contributed by atoms with van der Waals surface area (Å²) in [6, 6.07) is 19.4. The number of aliphatic hydroxyl groups excluding tert-OH is 1. The van der Waals surface area contributed by atoms with Crippen LogP contribution in [0.4, 0.5) is 0 Å². The minimum atomic E-state index is -0.690. The number of halogens is 1. The van der Waals surface area contributed by atoms with Gasteiger partial charge in [0, 0.05) is 16.8 Å². The Labute approximate surface area is 186 Å². The number of hydrogen-bond acceptors (Lipinski definition) is 5. The number of fused-ring (bicyclic) bond motifs is 2. The summed E-state index contributed by atoms with van der Waals surface area (Å²) in [5.41, 5.74) is 0.575. The highest BCUT2D eigenvalue weighted by molar-refractivity contribution is 9.10. The molecule has 0 saturated heterocycles. The van der Waals surface area contributed by atoms with E-state index in [2.05, 4.69) is 20.9 Å². The molecular formula is C23H21BrN2O3S. The Bertz CT molecular complexity index is 1260. The highest BCUT2D eigenvalue weighted by atomic mass is 79.9. The number of rotatable bonds is 7. The first-order valence-electron chi connectivity index (χ1n) is 9.67. The van der Waals surface area contributed by atoms with Crippen LogP contribution >= 0.6 is 27.7 Å². The molecule has 5 nitrogen and oxygen atoms in total. The molecule has 4 rings (SSSR count). The minimum absolute atomic E-state index is 0.0757. The Morgan fingerprint density at radius 3 is 2.73 bits per heavy atom. The van der Waals surface area contributed by atoms with Crippen molar-refractivity contribution in [3.8, 4) is 5.75 Å². The third-order valence-electron chi connectivity index (χ3n) is 4.77. The Morgan fingerprint density at radius 1 is 1.13 bits per heavy atom. The Balaban J connectivity index is 1.44. The normalized spacial score (nSPS) is 12.4. The summed E-state index contributed by atoms with van der Waals surface area (Å²) in [6.45, 7) is 2.60. The van der Waals surface area contributed by atoms with Gasteiger partial charge in [-0.1, -0.05) is 58.0 Å². The molecule has 7 heteroatoms. The molecule has 0 saturated carbocycles. The number of thioether (sulfide) groups is 1. The molecule has 0 aliphatic heterocycles. The quantitative estimate of drug-likeness (QED) is 0.299. The molecule has 0 fully saturated rings. The van der Waals surface area contributed by atoms with E-state index in [9.17, 15) is 9.90 Å². The average Bonchev–Trinajstić information content (AvgIpc) is 2.76. The molecule has 1 unspecified atom stereocenters. The highest BCUT2D eigenvalue weighted by Crippen LogP contribution is 2.23. The molecule has 0 spiro atoms. The predicted molar refractivity (Wildman–Crippen MR) is 126 cm³/mol. The lowest BCUT2D eigenvalue weighted by atomic mass is 10.1. The van der Waals surface area contributed by atoms with Gasteiger partial charge in [0.25, 0.3) is 5.56 Å². The number of benzene rings is 3. The molecule has 3 aromatic carbocycles. The molecular weight excluding hydrogens is 464 g/mol. The summed E-state index contributed by atoms with van der Waals surface area (Å²) in [5, 5.41) is 13.8. The van der Waals surface area contributed by atoms with Crippen molar-refractivity contribution in [1.29, 1.82) is 0 Å². The fourth-order valence-corrected chi connectivity index (χ4v) is 4.56. The zero-order chi connectivity index (χ0) is 21.1. The first kappa shape index (κ1) is 20.9.